The van der Waals surface area contributed by atoms with Crippen molar-refractivity contribution in [1.82, 2.24) is 0 Å². The van der Waals surface area contributed by atoms with Gasteiger partial charge < -0.3 is 42.7 Å². The van der Waals surface area contributed by atoms with Gasteiger partial charge in [0.15, 0.2) is 0 Å². The van der Waals surface area contributed by atoms with E-state index in [-0.39, 0.29) is 60.1 Å². The van der Waals surface area contributed by atoms with E-state index in [1.54, 1.807) is 0 Å². The topological polar surface area (TPSA) is 31.5 Å². The van der Waals surface area contributed by atoms with Crippen molar-refractivity contribution in [3.63, 3.8) is 0 Å². The molecule has 0 aromatic carbocycles. The van der Waals surface area contributed by atoms with Crippen LogP contribution in [-0.2, 0) is 12.9 Å². The van der Waals surface area contributed by atoms with Gasteiger partial charge in [-0.1, -0.05) is 0 Å². The normalized spacial score (nSPS) is 2.75. The molecular formula is H2AlCl5CoO. The number of halogens is 5. The first-order valence-corrected chi connectivity index (χ1v) is 3.12. The third-order valence-electron chi connectivity index (χ3n) is 0. The first-order valence-electron chi connectivity index (χ1n) is 0.252. The van der Waals surface area contributed by atoms with E-state index in [4.69, 9.17) is 20.3 Å². The van der Waals surface area contributed by atoms with Crippen molar-refractivity contribution in [2.75, 3.05) is 0 Å². The Morgan fingerprint density at radius 2 is 0.875 bits per heavy atom. The molecule has 0 aromatic rings. The SMILES string of the molecule is O.[Al+3].[Cl-].[Cl-].[Cl-].[Cl][Co][Cl]. The van der Waals surface area contributed by atoms with Crippen LogP contribution in [0, 0.1) is 0 Å². The van der Waals surface area contributed by atoms with Crippen molar-refractivity contribution < 1.29 is 55.6 Å². The van der Waals surface area contributed by atoms with Gasteiger partial charge in [0, 0.05) is 0 Å². The van der Waals surface area contributed by atoms with Crippen LogP contribution in [0.2, 0.25) is 0 Å². The van der Waals surface area contributed by atoms with E-state index in [2.05, 4.69) is 0 Å². The first kappa shape index (κ1) is 47.1. The summed E-state index contributed by atoms with van der Waals surface area (Å²) in [5.74, 6) is 0. The molecule has 0 saturated carbocycles. The minimum atomic E-state index is 0. The molecule has 8 heavy (non-hydrogen) atoms. The van der Waals surface area contributed by atoms with Crippen LogP contribution in [0.1, 0.15) is 0 Å². The molecule has 0 rings (SSSR count). The summed E-state index contributed by atoms with van der Waals surface area (Å²) in [6, 6.07) is 0. The van der Waals surface area contributed by atoms with E-state index in [1.165, 1.54) is 0 Å². The summed E-state index contributed by atoms with van der Waals surface area (Å²) >= 11 is 0.382. The Morgan fingerprint density at radius 3 is 0.875 bits per heavy atom. The van der Waals surface area contributed by atoms with Gasteiger partial charge >= 0.3 is 50.5 Å². The standard InChI is InChI=1S/Al.5ClH.Co.H2O/h;5*1H;;1H2/q+3;;;;;;+2;/p-5. The fraction of sp³-hybridized carbons (Fsp3) is 0. The van der Waals surface area contributed by atoms with E-state index in [0.29, 0.717) is 12.9 Å². The van der Waals surface area contributed by atoms with Crippen molar-refractivity contribution in [3.8, 4) is 0 Å². The van der Waals surface area contributed by atoms with Gasteiger partial charge in [-0.25, -0.2) is 0 Å². The van der Waals surface area contributed by atoms with E-state index in [1.807, 2.05) is 0 Å². The number of hydrogen-bond acceptors (Lipinski definition) is 0. The Balaban J connectivity index is -0.00000000200. The van der Waals surface area contributed by atoms with Gasteiger partial charge in [0.2, 0.25) is 0 Å². The summed E-state index contributed by atoms with van der Waals surface area (Å²) in [5.41, 5.74) is 0. The molecule has 0 amide bonds. The molecule has 0 atom stereocenters. The zero-order valence-electron chi connectivity index (χ0n) is 3.30. The minimum absolute atomic E-state index is 0. The Kier molecular flexibility index (Phi) is 334. The van der Waals surface area contributed by atoms with Gasteiger partial charge in [-0.15, -0.1) is 0 Å². The predicted octanol–water partition coefficient (Wildman–Crippen LogP) is -8.82. The zero-order valence-corrected chi connectivity index (χ0v) is 9.28. The summed E-state index contributed by atoms with van der Waals surface area (Å²) in [6.45, 7) is 0. The molecule has 0 aliphatic rings. The van der Waals surface area contributed by atoms with Gasteiger partial charge in [-0.2, -0.15) is 0 Å². The Bertz CT molecular complexity index is 12.4. The van der Waals surface area contributed by atoms with Gasteiger partial charge in [-0.05, 0) is 0 Å². The average molecular weight is 281 g/mol. The fourth-order valence-corrected chi connectivity index (χ4v) is 0. The molecule has 0 bridgehead atoms. The molecular weight excluding hydrogens is 279 g/mol. The van der Waals surface area contributed by atoms with Crippen LogP contribution in [-0.4, -0.2) is 22.8 Å². The van der Waals surface area contributed by atoms with Gasteiger partial charge in [-0.3, -0.25) is 0 Å². The molecule has 0 saturated heterocycles. The Hall–Kier alpha value is 2.45. The quantitative estimate of drug-likeness (QED) is 0.395. The second kappa shape index (κ2) is 56.7. The summed E-state index contributed by atoms with van der Waals surface area (Å²) < 4.78 is 0. The molecule has 0 fully saturated rings. The third-order valence-corrected chi connectivity index (χ3v) is 0. The summed E-state index contributed by atoms with van der Waals surface area (Å²) in [7, 11) is 9.47. The summed E-state index contributed by atoms with van der Waals surface area (Å²) in [5, 5.41) is 0. The molecule has 8 heteroatoms. The van der Waals surface area contributed by atoms with Crippen molar-refractivity contribution >= 4 is 37.7 Å². The monoisotopic (exact) mass is 279 g/mol. The Morgan fingerprint density at radius 1 is 0.875 bits per heavy atom. The predicted molar refractivity (Wildman–Crippen MR) is 21.1 cm³/mol. The van der Waals surface area contributed by atoms with E-state index in [9.17, 15) is 0 Å². The van der Waals surface area contributed by atoms with Crippen molar-refractivity contribution in [1.29, 1.82) is 0 Å². The first-order chi connectivity index (χ1) is 1.41. The van der Waals surface area contributed by atoms with Crippen molar-refractivity contribution in [2.24, 2.45) is 0 Å². The summed E-state index contributed by atoms with van der Waals surface area (Å²) in [6.07, 6.45) is 0. The number of rotatable bonds is 0. The van der Waals surface area contributed by atoms with Gasteiger partial charge in [0.05, 0.1) is 0 Å². The molecule has 0 unspecified atom stereocenters. The molecule has 0 heterocycles. The molecule has 0 spiro atoms. The Labute approximate surface area is 92.4 Å². The van der Waals surface area contributed by atoms with Crippen LogP contribution in [0.4, 0.5) is 0 Å². The molecule has 1 nitrogen and oxygen atoms in total. The van der Waals surface area contributed by atoms with Crippen molar-refractivity contribution in [3.05, 3.63) is 0 Å². The van der Waals surface area contributed by atoms with Crippen LogP contribution in [0.3, 0.4) is 0 Å². The van der Waals surface area contributed by atoms with Crippen molar-refractivity contribution in [2.45, 2.75) is 0 Å². The van der Waals surface area contributed by atoms with Crippen LogP contribution in [0.5, 0.6) is 0 Å². The van der Waals surface area contributed by atoms with Gasteiger partial charge in [0.1, 0.15) is 0 Å². The van der Waals surface area contributed by atoms with Crippen LogP contribution < -0.4 is 37.2 Å². The molecule has 0 aliphatic carbocycles. The second-order valence-electron chi connectivity index (χ2n) is 0.0476. The van der Waals surface area contributed by atoms with E-state index < -0.39 is 0 Å². The molecule has 2 N–H and O–H groups in total. The van der Waals surface area contributed by atoms with Crippen LogP contribution >= 0.6 is 20.3 Å². The van der Waals surface area contributed by atoms with Crippen LogP contribution in [0.15, 0.2) is 0 Å². The molecule has 0 aromatic heterocycles. The third kappa shape index (κ3) is 78.2. The molecule has 55 valence electrons. The second-order valence-corrected chi connectivity index (χ2v) is 1.77. The maximum absolute atomic E-state index is 4.73. The maximum atomic E-state index is 4.73. The molecule has 0 radical (unpaired) electrons. The van der Waals surface area contributed by atoms with E-state index >= 15 is 0 Å². The summed E-state index contributed by atoms with van der Waals surface area (Å²) in [4.78, 5) is 0. The van der Waals surface area contributed by atoms with Crippen LogP contribution in [0.25, 0.3) is 0 Å². The van der Waals surface area contributed by atoms with E-state index in [0.717, 1.165) is 0 Å². The average Bonchev–Trinajstić information content (AvgIpc) is 0.918. The number of hydrogen-bond donors (Lipinski definition) is 0. The molecule has 0 aliphatic heterocycles. The van der Waals surface area contributed by atoms with Gasteiger partial charge in [0.25, 0.3) is 0 Å². The zero-order chi connectivity index (χ0) is 2.71. The fourth-order valence-electron chi connectivity index (χ4n) is 0.